The quantitative estimate of drug-likeness (QED) is 0.639. The summed E-state index contributed by atoms with van der Waals surface area (Å²) in [7, 11) is 0. The molecular formula is C10H18FN2. The normalized spacial score (nSPS) is 33.2. The van der Waals surface area contributed by atoms with Crippen molar-refractivity contribution in [2.24, 2.45) is 0 Å². The number of alkyl halides is 1. The van der Waals surface area contributed by atoms with Crippen LogP contribution in [0.15, 0.2) is 0 Å². The van der Waals surface area contributed by atoms with Crippen LogP contribution < -0.4 is 0 Å². The zero-order chi connectivity index (χ0) is 9.26. The van der Waals surface area contributed by atoms with Gasteiger partial charge in [0.25, 0.3) is 0 Å². The molecule has 2 fully saturated rings. The van der Waals surface area contributed by atoms with Gasteiger partial charge < -0.3 is 0 Å². The second-order valence-electron chi connectivity index (χ2n) is 4.02. The van der Waals surface area contributed by atoms with Gasteiger partial charge in [-0.1, -0.05) is 0 Å². The molecule has 3 heteroatoms. The Bertz CT molecular complexity index is 164. The molecule has 2 aliphatic heterocycles. The Kier molecular flexibility index (Phi) is 2.84. The summed E-state index contributed by atoms with van der Waals surface area (Å²) in [4.78, 5) is 4.77. The summed E-state index contributed by atoms with van der Waals surface area (Å²) >= 11 is 0. The standard InChI is InChI=1S/C10H18FN2/c1-2-12-8-5-10(12)13-6-3-9(11)4-7-13/h9-10H,1-8H2. The first-order valence-electron chi connectivity index (χ1n) is 5.22. The van der Waals surface area contributed by atoms with E-state index in [0.717, 1.165) is 32.5 Å². The summed E-state index contributed by atoms with van der Waals surface area (Å²) in [5, 5.41) is 0. The van der Waals surface area contributed by atoms with Crippen molar-refractivity contribution in [2.45, 2.75) is 31.6 Å². The van der Waals surface area contributed by atoms with Crippen LogP contribution in [0.4, 0.5) is 4.39 Å². The van der Waals surface area contributed by atoms with Crippen LogP contribution in [-0.4, -0.2) is 48.3 Å². The van der Waals surface area contributed by atoms with Gasteiger partial charge in [0, 0.05) is 19.6 Å². The summed E-state index contributed by atoms with van der Waals surface area (Å²) in [6, 6.07) is 0. The topological polar surface area (TPSA) is 6.48 Å². The smallest absolute Gasteiger partial charge is 0.103 e. The Hall–Kier alpha value is -0.150. The Morgan fingerprint density at radius 1 is 1.15 bits per heavy atom. The molecular weight excluding hydrogens is 167 g/mol. The van der Waals surface area contributed by atoms with Crippen LogP contribution in [0, 0.1) is 6.92 Å². The lowest BCUT2D eigenvalue weighted by molar-refractivity contribution is -0.0447. The molecule has 0 spiro atoms. The van der Waals surface area contributed by atoms with Crippen LogP contribution in [0.2, 0.25) is 0 Å². The number of rotatable bonds is 2. The number of hydrogen-bond acceptors (Lipinski definition) is 2. The molecule has 2 rings (SSSR count). The molecule has 2 nitrogen and oxygen atoms in total. The zero-order valence-corrected chi connectivity index (χ0v) is 8.08. The van der Waals surface area contributed by atoms with E-state index in [4.69, 9.17) is 0 Å². The summed E-state index contributed by atoms with van der Waals surface area (Å²) in [6.07, 6.45) is 2.71. The molecule has 0 saturated carbocycles. The summed E-state index contributed by atoms with van der Waals surface area (Å²) in [5.41, 5.74) is 0. The minimum atomic E-state index is -0.551. The highest BCUT2D eigenvalue weighted by Gasteiger charge is 2.33. The highest BCUT2D eigenvalue weighted by Crippen LogP contribution is 2.24. The van der Waals surface area contributed by atoms with Crippen molar-refractivity contribution in [3.05, 3.63) is 6.92 Å². The van der Waals surface area contributed by atoms with Crippen molar-refractivity contribution in [3.8, 4) is 0 Å². The van der Waals surface area contributed by atoms with Gasteiger partial charge in [0.2, 0.25) is 0 Å². The molecule has 0 N–H and O–H groups in total. The van der Waals surface area contributed by atoms with Crippen LogP contribution in [0.5, 0.6) is 0 Å². The molecule has 1 atom stereocenters. The van der Waals surface area contributed by atoms with Crippen molar-refractivity contribution in [1.29, 1.82) is 0 Å². The van der Waals surface area contributed by atoms with Gasteiger partial charge in [-0.2, -0.15) is 0 Å². The van der Waals surface area contributed by atoms with Crippen LogP contribution in [0.3, 0.4) is 0 Å². The van der Waals surface area contributed by atoms with E-state index in [1.165, 1.54) is 13.0 Å². The Morgan fingerprint density at radius 2 is 1.85 bits per heavy atom. The van der Waals surface area contributed by atoms with Gasteiger partial charge in [-0.05, 0) is 32.7 Å². The molecule has 2 aliphatic rings. The van der Waals surface area contributed by atoms with E-state index in [1.54, 1.807) is 0 Å². The number of hydrogen-bond donors (Lipinski definition) is 0. The number of piperidine rings is 1. The third-order valence-electron chi connectivity index (χ3n) is 3.26. The SMILES string of the molecule is [CH2]CN1CCC1N1CCC(F)CC1. The van der Waals surface area contributed by atoms with Crippen LogP contribution in [0.1, 0.15) is 19.3 Å². The van der Waals surface area contributed by atoms with Crippen LogP contribution >= 0.6 is 0 Å². The first-order valence-corrected chi connectivity index (χ1v) is 5.22. The van der Waals surface area contributed by atoms with Gasteiger partial charge in [-0.15, -0.1) is 0 Å². The van der Waals surface area contributed by atoms with E-state index < -0.39 is 6.17 Å². The first-order chi connectivity index (χ1) is 6.31. The molecule has 0 amide bonds. The summed E-state index contributed by atoms with van der Waals surface area (Å²) in [5.74, 6) is 0. The van der Waals surface area contributed by atoms with Gasteiger partial charge in [0.15, 0.2) is 0 Å². The van der Waals surface area contributed by atoms with Crippen LogP contribution in [0.25, 0.3) is 0 Å². The van der Waals surface area contributed by atoms with E-state index in [-0.39, 0.29) is 0 Å². The fourth-order valence-electron chi connectivity index (χ4n) is 2.27. The average molecular weight is 185 g/mol. The molecule has 1 unspecified atom stereocenters. The minimum Gasteiger partial charge on any atom is -0.288 e. The lowest BCUT2D eigenvalue weighted by Crippen LogP contribution is -2.59. The second-order valence-corrected chi connectivity index (χ2v) is 4.02. The zero-order valence-electron chi connectivity index (χ0n) is 8.08. The highest BCUT2D eigenvalue weighted by molar-refractivity contribution is 4.86. The molecule has 0 bridgehead atoms. The fourth-order valence-corrected chi connectivity index (χ4v) is 2.27. The highest BCUT2D eigenvalue weighted by atomic mass is 19.1. The Morgan fingerprint density at radius 3 is 2.31 bits per heavy atom. The van der Waals surface area contributed by atoms with Gasteiger partial charge >= 0.3 is 0 Å². The molecule has 0 aliphatic carbocycles. The van der Waals surface area contributed by atoms with Crippen molar-refractivity contribution >= 4 is 0 Å². The van der Waals surface area contributed by atoms with E-state index in [1.807, 2.05) is 0 Å². The van der Waals surface area contributed by atoms with E-state index in [2.05, 4.69) is 16.7 Å². The van der Waals surface area contributed by atoms with Crippen molar-refractivity contribution in [1.82, 2.24) is 9.80 Å². The molecule has 2 saturated heterocycles. The fraction of sp³-hybridized carbons (Fsp3) is 0.900. The largest absolute Gasteiger partial charge is 0.288 e. The maximum Gasteiger partial charge on any atom is 0.103 e. The van der Waals surface area contributed by atoms with E-state index in [0.29, 0.717) is 6.17 Å². The molecule has 0 aromatic carbocycles. The van der Waals surface area contributed by atoms with Gasteiger partial charge in [0.1, 0.15) is 6.17 Å². The van der Waals surface area contributed by atoms with Gasteiger partial charge in [0.05, 0.1) is 6.17 Å². The van der Waals surface area contributed by atoms with Crippen molar-refractivity contribution < 1.29 is 4.39 Å². The first kappa shape index (κ1) is 9.41. The minimum absolute atomic E-state index is 0.551. The molecule has 2 heterocycles. The monoisotopic (exact) mass is 185 g/mol. The van der Waals surface area contributed by atoms with Crippen LogP contribution in [-0.2, 0) is 0 Å². The third kappa shape index (κ3) is 1.86. The Labute approximate surface area is 79.7 Å². The third-order valence-corrected chi connectivity index (χ3v) is 3.26. The molecule has 0 aromatic heterocycles. The van der Waals surface area contributed by atoms with E-state index in [9.17, 15) is 4.39 Å². The summed E-state index contributed by atoms with van der Waals surface area (Å²) < 4.78 is 12.9. The van der Waals surface area contributed by atoms with Gasteiger partial charge in [-0.3, -0.25) is 9.80 Å². The maximum atomic E-state index is 12.9. The maximum absolute atomic E-state index is 12.9. The lowest BCUT2D eigenvalue weighted by atomic mass is 10.0. The lowest BCUT2D eigenvalue weighted by Gasteiger charge is -2.48. The second kappa shape index (κ2) is 3.93. The molecule has 13 heavy (non-hydrogen) atoms. The number of halogens is 1. The van der Waals surface area contributed by atoms with E-state index >= 15 is 0 Å². The number of nitrogens with zero attached hydrogens (tertiary/aromatic N) is 2. The predicted octanol–water partition coefficient (Wildman–Crippen LogP) is 1.29. The van der Waals surface area contributed by atoms with Crippen molar-refractivity contribution in [2.75, 3.05) is 26.2 Å². The molecule has 1 radical (unpaired) electrons. The van der Waals surface area contributed by atoms with Crippen molar-refractivity contribution in [3.63, 3.8) is 0 Å². The average Bonchev–Trinajstić information content (AvgIpc) is 2.08. The number of likely N-dealkylation sites (tertiary alicyclic amines) is 2. The predicted molar refractivity (Wildman–Crippen MR) is 51.0 cm³/mol. The molecule has 75 valence electrons. The molecule has 0 aromatic rings. The van der Waals surface area contributed by atoms with Gasteiger partial charge in [-0.25, -0.2) is 4.39 Å². The summed E-state index contributed by atoms with van der Waals surface area (Å²) in [6.45, 7) is 7.82. The Balaban J connectivity index is 1.81.